The van der Waals surface area contributed by atoms with Crippen LogP contribution in [-0.4, -0.2) is 5.78 Å². The summed E-state index contributed by atoms with van der Waals surface area (Å²) in [6, 6.07) is 10.5. The molecule has 0 saturated carbocycles. The highest BCUT2D eigenvalue weighted by molar-refractivity contribution is 5.82. The predicted octanol–water partition coefficient (Wildman–Crippen LogP) is 3.85. The highest BCUT2D eigenvalue weighted by Gasteiger charge is 2.20. The minimum atomic E-state index is 0.275. The summed E-state index contributed by atoms with van der Waals surface area (Å²) in [4.78, 5) is 11.6. The molecule has 1 aliphatic carbocycles. The SMILES string of the molecule is CCC(=O)C1CC=C(c2ccccc2)CC1. The number of carbonyl (C=O) groups excluding carboxylic acids is 1. The smallest absolute Gasteiger partial charge is 0.136 e. The van der Waals surface area contributed by atoms with Gasteiger partial charge in [0.1, 0.15) is 5.78 Å². The predicted molar refractivity (Wildman–Crippen MR) is 67.1 cm³/mol. The first-order valence-corrected chi connectivity index (χ1v) is 6.08. The third-order valence-electron chi connectivity index (χ3n) is 3.36. The minimum Gasteiger partial charge on any atom is -0.299 e. The Hall–Kier alpha value is -1.37. The van der Waals surface area contributed by atoms with Gasteiger partial charge in [-0.05, 0) is 30.4 Å². The molecule has 0 bridgehead atoms. The Morgan fingerprint density at radius 2 is 2.06 bits per heavy atom. The van der Waals surface area contributed by atoms with Crippen molar-refractivity contribution >= 4 is 11.4 Å². The summed E-state index contributed by atoms with van der Waals surface area (Å²) >= 11 is 0. The number of carbonyl (C=O) groups is 1. The van der Waals surface area contributed by atoms with Gasteiger partial charge in [0.05, 0.1) is 0 Å². The van der Waals surface area contributed by atoms with Gasteiger partial charge in [-0.15, -0.1) is 0 Å². The topological polar surface area (TPSA) is 17.1 Å². The monoisotopic (exact) mass is 214 g/mol. The number of hydrogen-bond acceptors (Lipinski definition) is 1. The molecule has 1 aromatic carbocycles. The lowest BCUT2D eigenvalue weighted by molar-refractivity contribution is -0.122. The molecule has 0 amide bonds. The van der Waals surface area contributed by atoms with Crippen molar-refractivity contribution in [1.82, 2.24) is 0 Å². The lowest BCUT2D eigenvalue weighted by Gasteiger charge is -2.20. The summed E-state index contributed by atoms with van der Waals surface area (Å²) in [7, 11) is 0. The molecule has 1 heteroatoms. The van der Waals surface area contributed by atoms with Crippen LogP contribution in [0.15, 0.2) is 36.4 Å². The van der Waals surface area contributed by atoms with Gasteiger partial charge in [-0.3, -0.25) is 4.79 Å². The van der Waals surface area contributed by atoms with Crippen LogP contribution < -0.4 is 0 Å². The van der Waals surface area contributed by atoms with Gasteiger partial charge in [-0.25, -0.2) is 0 Å². The highest BCUT2D eigenvalue weighted by Crippen LogP contribution is 2.30. The summed E-state index contributed by atoms with van der Waals surface area (Å²) in [5, 5.41) is 0. The van der Waals surface area contributed by atoms with E-state index in [9.17, 15) is 4.79 Å². The maximum absolute atomic E-state index is 11.6. The standard InChI is InChI=1S/C15H18O/c1-2-15(16)14-10-8-13(9-11-14)12-6-4-3-5-7-12/h3-8,14H,2,9-11H2,1H3. The van der Waals surface area contributed by atoms with E-state index in [4.69, 9.17) is 0 Å². The molecule has 0 aliphatic heterocycles. The average molecular weight is 214 g/mol. The summed E-state index contributed by atoms with van der Waals surface area (Å²) in [6.07, 6.45) is 5.92. The molecule has 0 aromatic heterocycles. The molecule has 84 valence electrons. The van der Waals surface area contributed by atoms with E-state index in [1.165, 1.54) is 11.1 Å². The molecule has 1 atom stereocenters. The Bertz CT molecular complexity index is 389. The first kappa shape index (κ1) is 11.1. The first-order chi connectivity index (χ1) is 7.81. The number of rotatable bonds is 3. The average Bonchev–Trinajstić information content (AvgIpc) is 2.39. The fourth-order valence-corrected chi connectivity index (χ4v) is 2.33. The molecule has 0 fully saturated rings. The quantitative estimate of drug-likeness (QED) is 0.747. The van der Waals surface area contributed by atoms with Crippen LogP contribution in [0.1, 0.15) is 38.2 Å². The molecule has 1 aromatic rings. The van der Waals surface area contributed by atoms with Crippen LogP contribution in [0.5, 0.6) is 0 Å². The molecule has 0 heterocycles. The molecular weight excluding hydrogens is 196 g/mol. The molecular formula is C15H18O. The minimum absolute atomic E-state index is 0.275. The van der Waals surface area contributed by atoms with Crippen molar-refractivity contribution in [3.8, 4) is 0 Å². The molecule has 0 spiro atoms. The molecule has 1 unspecified atom stereocenters. The zero-order valence-corrected chi connectivity index (χ0v) is 9.78. The zero-order valence-electron chi connectivity index (χ0n) is 9.78. The molecule has 0 radical (unpaired) electrons. The fourth-order valence-electron chi connectivity index (χ4n) is 2.33. The van der Waals surface area contributed by atoms with Crippen molar-refractivity contribution in [2.45, 2.75) is 32.6 Å². The molecule has 0 N–H and O–H groups in total. The van der Waals surface area contributed by atoms with Crippen molar-refractivity contribution in [3.63, 3.8) is 0 Å². The van der Waals surface area contributed by atoms with Crippen LogP contribution in [0, 0.1) is 5.92 Å². The third kappa shape index (κ3) is 2.41. The van der Waals surface area contributed by atoms with Gasteiger partial charge in [0.15, 0.2) is 0 Å². The zero-order chi connectivity index (χ0) is 11.4. The number of benzene rings is 1. The van der Waals surface area contributed by atoms with Gasteiger partial charge in [0.25, 0.3) is 0 Å². The number of ketones is 1. The lowest BCUT2D eigenvalue weighted by Crippen LogP contribution is -2.15. The number of Topliss-reactive ketones (excluding diaryl/α,β-unsaturated/α-hetero) is 1. The second kappa shape index (κ2) is 5.11. The van der Waals surface area contributed by atoms with Crippen LogP contribution in [0.2, 0.25) is 0 Å². The fraction of sp³-hybridized carbons (Fsp3) is 0.400. The maximum Gasteiger partial charge on any atom is 0.136 e. The second-order valence-corrected chi connectivity index (χ2v) is 4.39. The van der Waals surface area contributed by atoms with Crippen LogP contribution >= 0.6 is 0 Å². The van der Waals surface area contributed by atoms with Crippen molar-refractivity contribution in [1.29, 1.82) is 0 Å². The summed E-state index contributed by atoms with van der Waals surface area (Å²) in [5.41, 5.74) is 2.71. The summed E-state index contributed by atoms with van der Waals surface area (Å²) < 4.78 is 0. The molecule has 2 rings (SSSR count). The highest BCUT2D eigenvalue weighted by atomic mass is 16.1. The Morgan fingerprint density at radius 1 is 1.31 bits per heavy atom. The number of hydrogen-bond donors (Lipinski definition) is 0. The largest absolute Gasteiger partial charge is 0.299 e. The summed E-state index contributed by atoms with van der Waals surface area (Å²) in [6.45, 7) is 1.96. The van der Waals surface area contributed by atoms with Crippen LogP contribution in [0.25, 0.3) is 5.57 Å². The Morgan fingerprint density at radius 3 is 2.62 bits per heavy atom. The van der Waals surface area contributed by atoms with E-state index < -0.39 is 0 Å². The normalized spacial score (nSPS) is 20.3. The van der Waals surface area contributed by atoms with E-state index >= 15 is 0 Å². The summed E-state index contributed by atoms with van der Waals surface area (Å²) in [5.74, 6) is 0.695. The Kier molecular flexibility index (Phi) is 3.55. The van der Waals surface area contributed by atoms with Crippen LogP contribution in [-0.2, 0) is 4.79 Å². The van der Waals surface area contributed by atoms with Crippen LogP contribution in [0.3, 0.4) is 0 Å². The van der Waals surface area contributed by atoms with Crippen molar-refractivity contribution in [3.05, 3.63) is 42.0 Å². The van der Waals surface area contributed by atoms with Gasteiger partial charge < -0.3 is 0 Å². The van der Waals surface area contributed by atoms with E-state index in [-0.39, 0.29) is 5.92 Å². The Labute approximate surface area is 97.2 Å². The van der Waals surface area contributed by atoms with Crippen molar-refractivity contribution in [2.75, 3.05) is 0 Å². The first-order valence-electron chi connectivity index (χ1n) is 6.08. The number of allylic oxidation sites excluding steroid dienone is 2. The van der Waals surface area contributed by atoms with E-state index in [1.807, 2.05) is 13.0 Å². The lowest BCUT2D eigenvalue weighted by atomic mass is 9.84. The third-order valence-corrected chi connectivity index (χ3v) is 3.36. The van der Waals surface area contributed by atoms with E-state index in [0.29, 0.717) is 12.2 Å². The Balaban J connectivity index is 2.07. The van der Waals surface area contributed by atoms with Gasteiger partial charge in [-0.1, -0.05) is 43.3 Å². The van der Waals surface area contributed by atoms with Crippen molar-refractivity contribution < 1.29 is 4.79 Å². The molecule has 0 saturated heterocycles. The van der Waals surface area contributed by atoms with Gasteiger partial charge in [0, 0.05) is 12.3 Å². The van der Waals surface area contributed by atoms with Gasteiger partial charge >= 0.3 is 0 Å². The van der Waals surface area contributed by atoms with E-state index in [1.54, 1.807) is 0 Å². The van der Waals surface area contributed by atoms with Crippen LogP contribution in [0.4, 0.5) is 0 Å². The van der Waals surface area contributed by atoms with E-state index in [0.717, 1.165) is 19.3 Å². The molecule has 16 heavy (non-hydrogen) atoms. The van der Waals surface area contributed by atoms with Gasteiger partial charge in [0.2, 0.25) is 0 Å². The molecule has 1 nitrogen and oxygen atoms in total. The van der Waals surface area contributed by atoms with Gasteiger partial charge in [-0.2, -0.15) is 0 Å². The maximum atomic E-state index is 11.6. The van der Waals surface area contributed by atoms with Crippen molar-refractivity contribution in [2.24, 2.45) is 5.92 Å². The second-order valence-electron chi connectivity index (χ2n) is 4.39. The van der Waals surface area contributed by atoms with E-state index in [2.05, 4.69) is 30.3 Å². The molecule has 1 aliphatic rings.